The summed E-state index contributed by atoms with van der Waals surface area (Å²) in [5.41, 5.74) is 1.85. The number of nitrogens with zero attached hydrogens (tertiary/aromatic N) is 2. The van der Waals surface area contributed by atoms with Crippen LogP contribution in [0, 0.1) is 11.8 Å². The van der Waals surface area contributed by atoms with E-state index in [0.717, 1.165) is 41.3 Å². The molecule has 4 amide bonds. The third-order valence-corrected chi connectivity index (χ3v) is 12.5. The number of halogens is 2. The van der Waals surface area contributed by atoms with Crippen LogP contribution >= 0.6 is 31.9 Å². The Hall–Kier alpha value is -5.32. The molecule has 2 heterocycles. The monoisotopic (exact) mass is 898 g/mol. The molecule has 7 aromatic rings. The van der Waals surface area contributed by atoms with E-state index in [9.17, 15) is 19.2 Å². The van der Waals surface area contributed by atoms with Gasteiger partial charge in [-0.25, -0.2) is 0 Å². The van der Waals surface area contributed by atoms with Gasteiger partial charge >= 0.3 is 0 Å². The number of fused-ring (bicyclic) bond motifs is 2. The van der Waals surface area contributed by atoms with Crippen LogP contribution < -0.4 is 9.47 Å². The average molecular weight is 901 g/mol. The van der Waals surface area contributed by atoms with E-state index >= 15 is 0 Å². The Balaban J connectivity index is 1.12. The average Bonchev–Trinajstić information content (AvgIpc) is 3.20. The number of imide groups is 2. The first-order valence-electron chi connectivity index (χ1n) is 19.6. The molecule has 292 valence electrons. The largest absolute Gasteiger partial charge is 0.491 e. The molecule has 7 aromatic carbocycles. The summed E-state index contributed by atoms with van der Waals surface area (Å²) in [6.45, 7) is 8.61. The van der Waals surface area contributed by atoms with Crippen molar-refractivity contribution in [2.75, 3.05) is 13.2 Å². The highest BCUT2D eigenvalue weighted by molar-refractivity contribution is 9.10. The Labute approximate surface area is 352 Å². The molecule has 0 radical (unpaired) electrons. The van der Waals surface area contributed by atoms with Gasteiger partial charge in [0, 0.05) is 42.0 Å². The van der Waals surface area contributed by atoms with Gasteiger partial charge in [0.1, 0.15) is 24.7 Å². The minimum Gasteiger partial charge on any atom is -0.491 e. The second kappa shape index (κ2) is 14.8. The molecule has 8 nitrogen and oxygen atoms in total. The van der Waals surface area contributed by atoms with Crippen molar-refractivity contribution in [2.45, 2.75) is 52.6 Å². The molecule has 2 aliphatic heterocycles. The van der Waals surface area contributed by atoms with Crippen molar-refractivity contribution in [2.24, 2.45) is 11.8 Å². The first kappa shape index (κ1) is 38.2. The van der Waals surface area contributed by atoms with Crippen LogP contribution in [0.2, 0.25) is 0 Å². The van der Waals surface area contributed by atoms with Crippen molar-refractivity contribution in [3.05, 3.63) is 128 Å². The third kappa shape index (κ3) is 6.32. The molecule has 0 saturated heterocycles. The molecule has 0 saturated carbocycles. The number of hydrogen-bond donors (Lipinski definition) is 0. The molecule has 0 N–H and O–H groups in total. The van der Waals surface area contributed by atoms with Gasteiger partial charge in [0.05, 0.1) is 12.1 Å². The fraction of sp³-hybridized carbons (Fsp3) is 0.250. The van der Waals surface area contributed by atoms with Crippen LogP contribution in [0.4, 0.5) is 0 Å². The van der Waals surface area contributed by atoms with E-state index in [-0.39, 0.29) is 48.7 Å². The van der Waals surface area contributed by atoms with Crippen molar-refractivity contribution in [3.8, 4) is 11.5 Å². The van der Waals surface area contributed by atoms with E-state index in [1.165, 1.54) is 9.80 Å². The van der Waals surface area contributed by atoms with Gasteiger partial charge in [-0.15, -0.1) is 0 Å². The van der Waals surface area contributed by atoms with Gasteiger partial charge in [0.25, 0.3) is 23.6 Å². The fourth-order valence-electron chi connectivity index (χ4n) is 9.00. The highest BCUT2D eigenvalue weighted by Crippen LogP contribution is 2.47. The SMILES string of the molecule is CC(C)C[C@@H](COc1ccc(Br)cc1)N1C(=O)c2ccc3c4ccc5c6c(ccc(c7ccc(c2c37)C1=O)c64)C(=O)N([C@H](COc1ccc(Br)cc1)CC(C)C)C5=O. The lowest BCUT2D eigenvalue weighted by molar-refractivity contribution is 0.0448. The highest BCUT2D eigenvalue weighted by atomic mass is 79.9. The Morgan fingerprint density at radius 2 is 0.724 bits per heavy atom. The predicted molar refractivity (Wildman–Crippen MR) is 234 cm³/mol. The van der Waals surface area contributed by atoms with Crippen molar-refractivity contribution < 1.29 is 28.7 Å². The van der Waals surface area contributed by atoms with E-state index in [1.807, 2.05) is 97.1 Å². The van der Waals surface area contributed by atoms with Gasteiger partial charge in [-0.05, 0) is 130 Å². The van der Waals surface area contributed by atoms with Gasteiger partial charge < -0.3 is 9.47 Å². The van der Waals surface area contributed by atoms with E-state index in [0.29, 0.717) is 57.4 Å². The molecule has 2 atom stereocenters. The molecule has 0 spiro atoms. The number of amides is 4. The summed E-state index contributed by atoms with van der Waals surface area (Å²) < 4.78 is 14.2. The molecule has 0 bridgehead atoms. The zero-order valence-corrected chi connectivity index (χ0v) is 35.6. The van der Waals surface area contributed by atoms with Crippen LogP contribution in [0.3, 0.4) is 0 Å². The molecule has 0 aromatic heterocycles. The number of carbonyl (C=O) groups excluding carboxylic acids is 4. The van der Waals surface area contributed by atoms with Crippen molar-refractivity contribution in [3.63, 3.8) is 0 Å². The maximum atomic E-state index is 14.5. The maximum Gasteiger partial charge on any atom is 0.261 e. The second-order valence-electron chi connectivity index (χ2n) is 16.2. The Kier molecular flexibility index (Phi) is 9.76. The van der Waals surface area contributed by atoms with Gasteiger partial charge in [-0.3, -0.25) is 29.0 Å². The minimum absolute atomic E-state index is 0.164. The zero-order chi connectivity index (χ0) is 40.6. The van der Waals surface area contributed by atoms with Crippen molar-refractivity contribution >= 4 is 98.6 Å². The molecular formula is C48H40Br2N2O6. The van der Waals surface area contributed by atoms with Crippen LogP contribution in [0.25, 0.3) is 43.1 Å². The maximum absolute atomic E-state index is 14.5. The number of rotatable bonds is 12. The summed E-state index contributed by atoms with van der Waals surface area (Å²) >= 11 is 6.92. The highest BCUT2D eigenvalue weighted by Gasteiger charge is 2.41. The zero-order valence-electron chi connectivity index (χ0n) is 32.5. The molecule has 2 aliphatic rings. The first-order chi connectivity index (χ1) is 27.9. The summed E-state index contributed by atoms with van der Waals surface area (Å²) in [4.78, 5) is 60.8. The standard InChI is InChI=1S/C48H40Br2N2O6/c1-25(2)21-29(23-57-31-9-5-27(49)6-10-31)51-45(53)37-17-13-33-35-15-19-39-44-40(20-16-36(42(35)44)34-14-18-38(46(51)54)43(37)41(33)34)48(56)52(47(39)55)30(22-26(3)4)24-58-32-11-7-28(50)8-12-32/h5-20,25-26,29-30H,21-24H2,1-4H3/t29-,30-/m0/s1. The lowest BCUT2D eigenvalue weighted by atomic mass is 9.81. The van der Waals surface area contributed by atoms with Gasteiger partial charge in [-0.1, -0.05) is 83.8 Å². The van der Waals surface area contributed by atoms with Crippen LogP contribution in [0.5, 0.6) is 11.5 Å². The number of benzene rings is 7. The molecule has 0 fully saturated rings. The molecular weight excluding hydrogens is 860 g/mol. The van der Waals surface area contributed by atoms with Crippen molar-refractivity contribution in [1.29, 1.82) is 0 Å². The van der Waals surface area contributed by atoms with Crippen LogP contribution in [0.1, 0.15) is 82.0 Å². The Morgan fingerprint density at radius 1 is 0.431 bits per heavy atom. The summed E-state index contributed by atoms with van der Waals surface area (Å²) in [6.07, 6.45) is 1.15. The van der Waals surface area contributed by atoms with E-state index in [2.05, 4.69) is 59.6 Å². The van der Waals surface area contributed by atoms with Crippen LogP contribution in [-0.2, 0) is 0 Å². The lowest BCUT2D eigenvalue weighted by Crippen LogP contribution is -2.50. The third-order valence-electron chi connectivity index (χ3n) is 11.4. The number of carbonyl (C=O) groups is 4. The molecule has 9 rings (SSSR count). The summed E-state index contributed by atoms with van der Waals surface area (Å²) in [7, 11) is 0. The van der Waals surface area contributed by atoms with Crippen LogP contribution in [0.15, 0.2) is 106 Å². The fourth-order valence-corrected chi connectivity index (χ4v) is 9.53. The molecule has 10 heteroatoms. The van der Waals surface area contributed by atoms with Crippen molar-refractivity contribution in [1.82, 2.24) is 9.80 Å². The van der Waals surface area contributed by atoms with E-state index < -0.39 is 12.1 Å². The van der Waals surface area contributed by atoms with Gasteiger partial charge in [0.2, 0.25) is 0 Å². The number of hydrogen-bond acceptors (Lipinski definition) is 6. The summed E-state index contributed by atoms with van der Waals surface area (Å²) in [6, 6.07) is 29.0. The molecule has 0 unspecified atom stereocenters. The minimum atomic E-state index is -0.488. The molecule has 0 aliphatic carbocycles. The topological polar surface area (TPSA) is 93.2 Å². The van der Waals surface area contributed by atoms with E-state index in [4.69, 9.17) is 9.47 Å². The lowest BCUT2D eigenvalue weighted by Gasteiger charge is -2.36. The predicted octanol–water partition coefficient (Wildman–Crippen LogP) is 11.4. The van der Waals surface area contributed by atoms with Gasteiger partial charge in [-0.2, -0.15) is 0 Å². The van der Waals surface area contributed by atoms with Crippen LogP contribution in [-0.4, -0.2) is 58.7 Å². The molecule has 58 heavy (non-hydrogen) atoms. The van der Waals surface area contributed by atoms with Gasteiger partial charge in [0.15, 0.2) is 0 Å². The summed E-state index contributed by atoms with van der Waals surface area (Å²) in [5.74, 6) is 0.320. The van der Waals surface area contributed by atoms with E-state index in [1.54, 1.807) is 0 Å². The quantitative estimate of drug-likeness (QED) is 0.0689. The Bertz CT molecular complexity index is 2500. The first-order valence-corrected chi connectivity index (χ1v) is 21.2. The second-order valence-corrected chi connectivity index (χ2v) is 18.0. The normalized spacial score (nSPS) is 15.2. The summed E-state index contributed by atoms with van der Waals surface area (Å²) in [5, 5.41) is 6.27. The Morgan fingerprint density at radius 3 is 1.00 bits per heavy atom. The smallest absolute Gasteiger partial charge is 0.261 e. The number of ether oxygens (including phenoxy) is 2.